The Labute approximate surface area is 181 Å². The maximum atomic E-state index is 13.7. The summed E-state index contributed by atoms with van der Waals surface area (Å²) in [7, 11) is 1.63. The minimum atomic E-state index is -0.0106. The molecule has 0 radical (unpaired) electrons. The van der Waals surface area contributed by atoms with E-state index in [1.165, 1.54) is 35.1 Å². The molecule has 2 aliphatic rings. The van der Waals surface area contributed by atoms with E-state index in [1.807, 2.05) is 28.9 Å². The molecular weight excluding hydrogens is 384 g/mol. The molecule has 0 amide bonds. The van der Waals surface area contributed by atoms with Crippen LogP contribution in [0.2, 0.25) is 0 Å². The van der Waals surface area contributed by atoms with Gasteiger partial charge in [0.05, 0.1) is 18.3 Å². The molecule has 0 bridgehead atoms. The van der Waals surface area contributed by atoms with Crippen LogP contribution in [0.1, 0.15) is 51.1 Å². The summed E-state index contributed by atoms with van der Waals surface area (Å²) in [6, 6.07) is 18.2. The molecule has 0 saturated carbocycles. The van der Waals surface area contributed by atoms with Crippen LogP contribution in [0, 0.1) is 0 Å². The molecule has 154 valence electrons. The molecule has 1 heterocycles. The van der Waals surface area contributed by atoms with E-state index in [4.69, 9.17) is 9.84 Å². The molecule has 6 rings (SSSR count). The van der Waals surface area contributed by atoms with E-state index in [1.54, 1.807) is 7.11 Å². The second-order valence-electron chi connectivity index (χ2n) is 8.62. The quantitative estimate of drug-likeness (QED) is 0.434. The predicted octanol–water partition coefficient (Wildman–Crippen LogP) is 5.24. The van der Waals surface area contributed by atoms with Crippen molar-refractivity contribution in [2.45, 2.75) is 38.5 Å². The Morgan fingerprint density at radius 1 is 0.839 bits per heavy atom. The lowest BCUT2D eigenvalue weighted by atomic mass is 10.0. The fourth-order valence-electron chi connectivity index (χ4n) is 5.13. The average molecular weight is 409 g/mol. The van der Waals surface area contributed by atoms with Crippen LogP contribution in [-0.2, 0) is 25.7 Å². The predicted molar refractivity (Wildman–Crippen MR) is 122 cm³/mol. The normalized spacial score (nSPS) is 14.6. The molecular formula is C27H24N2O2. The zero-order valence-corrected chi connectivity index (χ0v) is 17.6. The van der Waals surface area contributed by atoms with Gasteiger partial charge in [0.2, 0.25) is 5.78 Å². The van der Waals surface area contributed by atoms with Gasteiger partial charge in [0.15, 0.2) is 0 Å². The van der Waals surface area contributed by atoms with Gasteiger partial charge in [-0.15, -0.1) is 0 Å². The number of rotatable bonds is 4. The zero-order valence-electron chi connectivity index (χ0n) is 17.6. The van der Waals surface area contributed by atoms with Crippen LogP contribution in [0.25, 0.3) is 16.6 Å². The summed E-state index contributed by atoms with van der Waals surface area (Å²) in [6.07, 6.45) is 6.78. The number of aromatic nitrogens is 2. The summed E-state index contributed by atoms with van der Waals surface area (Å²) in [5.41, 5.74) is 8.68. The summed E-state index contributed by atoms with van der Waals surface area (Å²) in [5, 5.41) is 5.88. The molecule has 2 aliphatic carbocycles. The maximum absolute atomic E-state index is 13.7. The number of aryl methyl sites for hydroxylation is 4. The molecule has 0 atom stereocenters. The van der Waals surface area contributed by atoms with Crippen LogP contribution in [0.3, 0.4) is 0 Å². The second kappa shape index (κ2) is 7.09. The first-order valence-corrected chi connectivity index (χ1v) is 11.1. The van der Waals surface area contributed by atoms with Crippen LogP contribution in [-0.4, -0.2) is 22.7 Å². The molecule has 3 aromatic carbocycles. The minimum Gasteiger partial charge on any atom is -0.497 e. The third-order valence-electron chi connectivity index (χ3n) is 6.78. The minimum absolute atomic E-state index is 0.0106. The van der Waals surface area contributed by atoms with E-state index in [2.05, 4.69) is 30.3 Å². The van der Waals surface area contributed by atoms with Gasteiger partial charge in [-0.05, 0) is 109 Å². The number of ketones is 1. The largest absolute Gasteiger partial charge is 0.497 e. The molecule has 4 heteroatoms. The molecule has 31 heavy (non-hydrogen) atoms. The fourth-order valence-corrected chi connectivity index (χ4v) is 5.13. The highest BCUT2D eigenvalue weighted by atomic mass is 16.5. The fraction of sp³-hybridized carbons (Fsp3) is 0.259. The first kappa shape index (κ1) is 18.4. The van der Waals surface area contributed by atoms with Gasteiger partial charge in [-0.3, -0.25) is 4.79 Å². The first-order valence-electron chi connectivity index (χ1n) is 11.1. The monoisotopic (exact) mass is 408 g/mol. The standard InChI is InChI=1S/C27H24N2O2/c1-31-23-12-9-18(10-13-23)27(30)26-24-15-20-6-3-7-21(20)16-25(24)28-29(26)22-11-8-17-4-2-5-19(17)14-22/h8-16H,2-7H2,1H3. The Bertz CT molecular complexity index is 1330. The first-order chi connectivity index (χ1) is 15.2. The Kier molecular flexibility index (Phi) is 4.20. The van der Waals surface area contributed by atoms with Crippen molar-refractivity contribution in [2.24, 2.45) is 0 Å². The Morgan fingerprint density at radius 2 is 1.52 bits per heavy atom. The number of fused-ring (bicyclic) bond motifs is 3. The van der Waals surface area contributed by atoms with Crippen LogP contribution < -0.4 is 4.74 Å². The lowest BCUT2D eigenvalue weighted by molar-refractivity contribution is 0.103. The number of hydrogen-bond acceptors (Lipinski definition) is 3. The summed E-state index contributed by atoms with van der Waals surface area (Å²) in [5.74, 6) is 0.731. The summed E-state index contributed by atoms with van der Waals surface area (Å²) >= 11 is 0. The maximum Gasteiger partial charge on any atom is 0.212 e. The van der Waals surface area contributed by atoms with Gasteiger partial charge in [0.25, 0.3) is 0 Å². The molecule has 4 aromatic rings. The Hall–Kier alpha value is -3.40. The van der Waals surface area contributed by atoms with E-state index in [-0.39, 0.29) is 5.78 Å². The van der Waals surface area contributed by atoms with E-state index in [0.29, 0.717) is 11.3 Å². The molecule has 0 N–H and O–H groups in total. The molecule has 4 nitrogen and oxygen atoms in total. The molecule has 0 spiro atoms. The summed E-state index contributed by atoms with van der Waals surface area (Å²) < 4.78 is 7.13. The van der Waals surface area contributed by atoms with E-state index in [9.17, 15) is 4.79 Å². The zero-order chi connectivity index (χ0) is 20.9. The Morgan fingerprint density at radius 3 is 2.26 bits per heavy atom. The van der Waals surface area contributed by atoms with E-state index >= 15 is 0 Å². The highest BCUT2D eigenvalue weighted by Crippen LogP contribution is 2.32. The van der Waals surface area contributed by atoms with Crippen LogP contribution in [0.5, 0.6) is 5.75 Å². The highest BCUT2D eigenvalue weighted by molar-refractivity contribution is 6.15. The van der Waals surface area contributed by atoms with Gasteiger partial charge < -0.3 is 4.74 Å². The lowest BCUT2D eigenvalue weighted by Crippen LogP contribution is -2.11. The van der Waals surface area contributed by atoms with Crippen LogP contribution in [0.15, 0.2) is 54.6 Å². The molecule has 0 unspecified atom stereocenters. The number of ether oxygens (including phenoxy) is 1. The number of hydrogen-bond donors (Lipinski definition) is 0. The molecule has 0 fully saturated rings. The summed E-state index contributed by atoms with van der Waals surface area (Å²) in [4.78, 5) is 13.7. The van der Waals surface area contributed by atoms with E-state index < -0.39 is 0 Å². The van der Waals surface area contributed by atoms with Crippen molar-refractivity contribution in [2.75, 3.05) is 7.11 Å². The highest BCUT2D eigenvalue weighted by Gasteiger charge is 2.24. The van der Waals surface area contributed by atoms with Crippen LogP contribution >= 0.6 is 0 Å². The molecule has 0 saturated heterocycles. The third-order valence-corrected chi connectivity index (χ3v) is 6.78. The van der Waals surface area contributed by atoms with Crippen molar-refractivity contribution in [3.05, 3.63) is 88.1 Å². The summed E-state index contributed by atoms with van der Waals surface area (Å²) in [6.45, 7) is 0. The number of carbonyl (C=O) groups excluding carboxylic acids is 1. The van der Waals surface area contributed by atoms with Crippen molar-refractivity contribution < 1.29 is 9.53 Å². The van der Waals surface area contributed by atoms with Crippen molar-refractivity contribution >= 4 is 16.7 Å². The third kappa shape index (κ3) is 2.97. The Balaban J connectivity index is 1.56. The van der Waals surface area contributed by atoms with Crippen molar-refractivity contribution in [1.82, 2.24) is 9.78 Å². The van der Waals surface area contributed by atoms with Gasteiger partial charge >= 0.3 is 0 Å². The topological polar surface area (TPSA) is 44.1 Å². The lowest BCUT2D eigenvalue weighted by Gasteiger charge is -2.10. The van der Waals surface area contributed by atoms with Gasteiger partial charge in [-0.1, -0.05) is 6.07 Å². The van der Waals surface area contributed by atoms with Gasteiger partial charge in [0, 0.05) is 10.9 Å². The molecule has 1 aromatic heterocycles. The van der Waals surface area contributed by atoms with Gasteiger partial charge in [-0.25, -0.2) is 4.68 Å². The van der Waals surface area contributed by atoms with Gasteiger partial charge in [0.1, 0.15) is 11.4 Å². The average Bonchev–Trinajstić information content (AvgIpc) is 3.54. The molecule has 0 aliphatic heterocycles. The van der Waals surface area contributed by atoms with E-state index in [0.717, 1.165) is 48.0 Å². The number of carbonyl (C=O) groups is 1. The van der Waals surface area contributed by atoms with Crippen LogP contribution in [0.4, 0.5) is 0 Å². The van der Waals surface area contributed by atoms with Crippen molar-refractivity contribution in [3.8, 4) is 11.4 Å². The van der Waals surface area contributed by atoms with Crippen molar-refractivity contribution in [1.29, 1.82) is 0 Å². The SMILES string of the molecule is COc1ccc(C(=O)c2c3cc4c(cc3nn2-c2ccc3c(c2)CCC3)CCC4)cc1. The van der Waals surface area contributed by atoms with Crippen molar-refractivity contribution in [3.63, 3.8) is 0 Å². The number of benzene rings is 3. The van der Waals surface area contributed by atoms with Gasteiger partial charge in [-0.2, -0.15) is 5.10 Å². The number of nitrogens with zero attached hydrogens (tertiary/aromatic N) is 2. The smallest absolute Gasteiger partial charge is 0.212 e. The second-order valence-corrected chi connectivity index (χ2v) is 8.62. The number of methoxy groups -OCH3 is 1.